The molecule has 1 aromatic heterocycles. The summed E-state index contributed by atoms with van der Waals surface area (Å²) in [6.07, 6.45) is 3.16. The van der Waals surface area contributed by atoms with Crippen molar-refractivity contribution in [3.8, 4) is 0 Å². The maximum Gasteiger partial charge on any atom is 0.374 e. The number of furan rings is 1. The molecule has 0 radical (unpaired) electrons. The second-order valence-corrected chi connectivity index (χ2v) is 6.19. The second kappa shape index (κ2) is 6.55. The molecule has 102 valence electrons. The summed E-state index contributed by atoms with van der Waals surface area (Å²) in [5, 5.41) is 3.05. The third kappa shape index (κ3) is 4.89. The fourth-order valence-electron chi connectivity index (χ4n) is 1.43. The maximum absolute atomic E-state index is 11.3. The molecule has 1 rings (SSSR count). The number of hydrogen-bond donors (Lipinski definition) is 1. The van der Waals surface area contributed by atoms with Crippen LogP contribution in [0, 0.1) is 0 Å². The Hall–Kier alpha value is -1.34. The van der Waals surface area contributed by atoms with Crippen LogP contribution in [0.25, 0.3) is 0 Å². The van der Waals surface area contributed by atoms with E-state index in [1.807, 2.05) is 0 Å². The molecule has 0 saturated heterocycles. The molecule has 0 aromatic carbocycles. The van der Waals surface area contributed by atoms with E-state index in [4.69, 9.17) is 4.42 Å². The lowest BCUT2D eigenvalue weighted by atomic mass is 10.2. The molecule has 0 aliphatic carbocycles. The predicted octanol–water partition coefficient (Wildman–Crippen LogP) is 0.591. The molecule has 0 fully saturated rings. The summed E-state index contributed by atoms with van der Waals surface area (Å²) in [7, 11) is -1.63. The van der Waals surface area contributed by atoms with Crippen LogP contribution in [-0.4, -0.2) is 40.1 Å². The largest absolute Gasteiger partial charge is 0.463 e. The van der Waals surface area contributed by atoms with Gasteiger partial charge in [-0.15, -0.1) is 0 Å². The van der Waals surface area contributed by atoms with Crippen LogP contribution in [0.1, 0.15) is 22.5 Å². The van der Waals surface area contributed by atoms with Crippen LogP contribution in [0.15, 0.2) is 16.7 Å². The van der Waals surface area contributed by atoms with Gasteiger partial charge >= 0.3 is 5.97 Å². The van der Waals surface area contributed by atoms with Gasteiger partial charge in [-0.2, -0.15) is 0 Å². The normalized spacial score (nSPS) is 11.4. The minimum absolute atomic E-state index is 0.148. The second-order valence-electron chi connectivity index (χ2n) is 3.93. The lowest BCUT2D eigenvalue weighted by molar-refractivity contribution is 0.0563. The molecule has 7 heteroatoms. The van der Waals surface area contributed by atoms with Gasteiger partial charge in [0.25, 0.3) is 0 Å². The van der Waals surface area contributed by atoms with E-state index in [-0.39, 0.29) is 11.5 Å². The van der Waals surface area contributed by atoms with E-state index in [0.717, 1.165) is 0 Å². The number of hydrogen-bond acceptors (Lipinski definition) is 6. The zero-order valence-corrected chi connectivity index (χ0v) is 11.2. The Labute approximate surface area is 106 Å². The highest BCUT2D eigenvalue weighted by Gasteiger charge is 2.15. The van der Waals surface area contributed by atoms with Crippen LogP contribution in [0.2, 0.25) is 0 Å². The highest BCUT2D eigenvalue weighted by molar-refractivity contribution is 7.90. The summed E-state index contributed by atoms with van der Waals surface area (Å²) in [6.45, 7) is 0.990. The van der Waals surface area contributed by atoms with Gasteiger partial charge in [-0.25, -0.2) is 13.2 Å². The fraction of sp³-hybridized carbons (Fsp3) is 0.545. The molecule has 0 saturated carbocycles. The van der Waals surface area contributed by atoms with Gasteiger partial charge in [0.05, 0.1) is 19.1 Å². The van der Waals surface area contributed by atoms with Gasteiger partial charge in [0.1, 0.15) is 9.84 Å². The Morgan fingerprint density at radius 1 is 1.50 bits per heavy atom. The van der Waals surface area contributed by atoms with Gasteiger partial charge in [-0.05, 0) is 19.0 Å². The lowest BCUT2D eigenvalue weighted by Gasteiger charge is -2.04. The van der Waals surface area contributed by atoms with Gasteiger partial charge in [0.15, 0.2) is 0 Å². The zero-order chi connectivity index (χ0) is 13.6. The van der Waals surface area contributed by atoms with Crippen molar-refractivity contribution in [2.24, 2.45) is 0 Å². The smallest absolute Gasteiger partial charge is 0.374 e. The Kier molecular flexibility index (Phi) is 5.36. The van der Waals surface area contributed by atoms with Gasteiger partial charge in [0.2, 0.25) is 5.76 Å². The zero-order valence-electron chi connectivity index (χ0n) is 10.4. The topological polar surface area (TPSA) is 85.6 Å². The van der Waals surface area contributed by atoms with Crippen LogP contribution in [-0.2, 0) is 21.1 Å². The van der Waals surface area contributed by atoms with Gasteiger partial charge in [0, 0.05) is 18.4 Å². The predicted molar refractivity (Wildman–Crippen MR) is 66.1 cm³/mol. The van der Waals surface area contributed by atoms with Gasteiger partial charge < -0.3 is 14.5 Å². The Balaban J connectivity index is 2.36. The molecule has 0 amide bonds. The van der Waals surface area contributed by atoms with Gasteiger partial charge in [-0.1, -0.05) is 0 Å². The van der Waals surface area contributed by atoms with Crippen molar-refractivity contribution in [1.82, 2.24) is 5.32 Å². The lowest BCUT2D eigenvalue weighted by Crippen LogP contribution is -2.19. The first-order chi connectivity index (χ1) is 8.44. The molecular formula is C11H17NO5S. The molecule has 0 atom stereocenters. The quantitative estimate of drug-likeness (QED) is 0.579. The summed E-state index contributed by atoms with van der Waals surface area (Å²) in [4.78, 5) is 11.3. The molecule has 6 nitrogen and oxygen atoms in total. The van der Waals surface area contributed by atoms with E-state index in [0.29, 0.717) is 25.1 Å². The van der Waals surface area contributed by atoms with Crippen LogP contribution in [0.5, 0.6) is 0 Å². The molecular weight excluding hydrogens is 258 g/mol. The summed E-state index contributed by atoms with van der Waals surface area (Å²) in [6, 6.07) is 1.68. The number of nitrogens with one attached hydrogen (secondary N) is 1. The molecule has 0 spiro atoms. The maximum atomic E-state index is 11.3. The number of ether oxygens (including phenoxy) is 1. The van der Waals surface area contributed by atoms with Crippen LogP contribution in [0.4, 0.5) is 0 Å². The Bertz CT molecular complexity index is 491. The average Bonchev–Trinajstić information content (AvgIpc) is 2.74. The standard InChI is InChI=1S/C11H17NO5S/c1-16-11(13)10-9(4-6-17-10)8-12-5-3-7-18(2,14)15/h4,6,12H,3,5,7-8H2,1-2H3. The number of sulfone groups is 1. The first-order valence-electron chi connectivity index (χ1n) is 5.47. The van der Waals surface area contributed by atoms with Crippen molar-refractivity contribution in [2.75, 3.05) is 25.7 Å². The monoisotopic (exact) mass is 275 g/mol. The number of rotatable bonds is 7. The summed E-state index contributed by atoms with van der Waals surface area (Å²) < 4.78 is 31.4. The number of methoxy groups -OCH3 is 1. The summed E-state index contributed by atoms with van der Waals surface area (Å²) in [5.74, 6) is -0.198. The molecule has 1 N–H and O–H groups in total. The minimum Gasteiger partial charge on any atom is -0.463 e. The van der Waals surface area contributed by atoms with Crippen molar-refractivity contribution in [3.63, 3.8) is 0 Å². The first-order valence-corrected chi connectivity index (χ1v) is 7.53. The summed E-state index contributed by atoms with van der Waals surface area (Å²) in [5.41, 5.74) is 0.696. The average molecular weight is 275 g/mol. The van der Waals surface area contributed by atoms with Crippen molar-refractivity contribution >= 4 is 15.8 Å². The molecule has 0 aliphatic rings. The van der Waals surface area contributed by atoms with Crippen molar-refractivity contribution < 1.29 is 22.4 Å². The van der Waals surface area contributed by atoms with Crippen molar-refractivity contribution in [1.29, 1.82) is 0 Å². The Morgan fingerprint density at radius 3 is 2.83 bits per heavy atom. The molecule has 0 bridgehead atoms. The molecule has 18 heavy (non-hydrogen) atoms. The SMILES string of the molecule is COC(=O)c1occc1CNCCCS(C)(=O)=O. The first kappa shape index (κ1) is 14.7. The van der Waals surface area contributed by atoms with Crippen LogP contribution in [0.3, 0.4) is 0 Å². The fourth-order valence-corrected chi connectivity index (χ4v) is 2.10. The van der Waals surface area contributed by atoms with E-state index in [2.05, 4.69) is 10.1 Å². The third-order valence-corrected chi connectivity index (χ3v) is 3.33. The van der Waals surface area contributed by atoms with E-state index in [9.17, 15) is 13.2 Å². The van der Waals surface area contributed by atoms with E-state index >= 15 is 0 Å². The molecule has 1 heterocycles. The highest BCUT2D eigenvalue weighted by Crippen LogP contribution is 2.11. The molecule has 0 aliphatic heterocycles. The van der Waals surface area contributed by atoms with Gasteiger partial charge in [-0.3, -0.25) is 0 Å². The minimum atomic E-state index is -2.92. The Morgan fingerprint density at radius 2 is 2.22 bits per heavy atom. The van der Waals surface area contributed by atoms with Crippen LogP contribution < -0.4 is 5.32 Å². The highest BCUT2D eigenvalue weighted by atomic mass is 32.2. The molecule has 0 unspecified atom stereocenters. The number of carbonyl (C=O) groups is 1. The number of esters is 1. The van der Waals surface area contributed by atoms with E-state index in [1.165, 1.54) is 19.6 Å². The van der Waals surface area contributed by atoms with Crippen LogP contribution >= 0.6 is 0 Å². The summed E-state index contributed by atoms with van der Waals surface area (Å²) >= 11 is 0. The molecule has 1 aromatic rings. The van der Waals surface area contributed by atoms with Crippen molar-refractivity contribution in [3.05, 3.63) is 23.7 Å². The number of carbonyl (C=O) groups excluding carboxylic acids is 1. The van der Waals surface area contributed by atoms with E-state index < -0.39 is 15.8 Å². The van der Waals surface area contributed by atoms with E-state index in [1.54, 1.807) is 6.07 Å². The van der Waals surface area contributed by atoms with Crippen molar-refractivity contribution in [2.45, 2.75) is 13.0 Å². The third-order valence-electron chi connectivity index (χ3n) is 2.30.